The van der Waals surface area contributed by atoms with Crippen LogP contribution in [-0.4, -0.2) is 23.1 Å². The first-order chi connectivity index (χ1) is 9.33. The number of piperidine rings is 1. The van der Waals surface area contributed by atoms with Gasteiger partial charge in [-0.3, -0.25) is 4.98 Å². The molecule has 3 heteroatoms. The van der Waals surface area contributed by atoms with Crippen LogP contribution >= 0.6 is 0 Å². The maximum Gasteiger partial charge on any atom is 0.147 e. The van der Waals surface area contributed by atoms with Crippen LogP contribution in [0.3, 0.4) is 0 Å². The van der Waals surface area contributed by atoms with Crippen LogP contribution in [0.15, 0.2) is 42.7 Å². The van der Waals surface area contributed by atoms with E-state index in [1.807, 2.05) is 30.6 Å². The molecule has 1 radical (unpaired) electrons. The molecular formula is C16H18N3. The van der Waals surface area contributed by atoms with E-state index in [0.717, 1.165) is 43.0 Å². The van der Waals surface area contributed by atoms with Crippen LogP contribution < -0.4 is 4.90 Å². The van der Waals surface area contributed by atoms with E-state index < -0.39 is 0 Å². The summed E-state index contributed by atoms with van der Waals surface area (Å²) in [4.78, 5) is 11.4. The fourth-order valence-corrected chi connectivity index (χ4v) is 2.42. The Bertz CT molecular complexity index is 531. The molecule has 97 valence electrons. The van der Waals surface area contributed by atoms with Crippen molar-refractivity contribution in [3.8, 4) is 11.3 Å². The van der Waals surface area contributed by atoms with E-state index in [2.05, 4.69) is 28.9 Å². The number of anilines is 1. The highest BCUT2D eigenvalue weighted by atomic mass is 15.2. The molecule has 2 heterocycles. The van der Waals surface area contributed by atoms with Crippen molar-refractivity contribution in [1.29, 1.82) is 0 Å². The first-order valence-corrected chi connectivity index (χ1v) is 6.78. The lowest BCUT2D eigenvalue weighted by molar-refractivity contribution is 0.473. The second kappa shape index (κ2) is 5.39. The molecule has 0 spiro atoms. The van der Waals surface area contributed by atoms with Crippen molar-refractivity contribution in [1.82, 2.24) is 9.97 Å². The molecule has 0 bridgehead atoms. The molecule has 1 fully saturated rings. The van der Waals surface area contributed by atoms with Gasteiger partial charge in [0.15, 0.2) is 0 Å². The van der Waals surface area contributed by atoms with Crippen LogP contribution in [-0.2, 0) is 0 Å². The lowest BCUT2D eigenvalue weighted by atomic mass is 9.99. The van der Waals surface area contributed by atoms with E-state index >= 15 is 0 Å². The summed E-state index contributed by atoms with van der Waals surface area (Å²) < 4.78 is 0. The van der Waals surface area contributed by atoms with E-state index in [9.17, 15) is 0 Å². The second-order valence-electron chi connectivity index (χ2n) is 5.06. The fourth-order valence-electron chi connectivity index (χ4n) is 2.42. The molecule has 3 rings (SSSR count). The van der Waals surface area contributed by atoms with Crippen molar-refractivity contribution in [2.24, 2.45) is 5.92 Å². The molecule has 0 N–H and O–H groups in total. The summed E-state index contributed by atoms with van der Waals surface area (Å²) in [7, 11) is 0. The Hall–Kier alpha value is -1.90. The summed E-state index contributed by atoms with van der Waals surface area (Å²) in [6.45, 7) is 6.19. The molecule has 0 amide bonds. The zero-order valence-corrected chi connectivity index (χ0v) is 11.0. The molecule has 19 heavy (non-hydrogen) atoms. The number of nitrogens with zero attached hydrogens (tertiary/aromatic N) is 3. The van der Waals surface area contributed by atoms with Crippen LogP contribution in [0, 0.1) is 12.8 Å². The summed E-state index contributed by atoms with van der Waals surface area (Å²) in [6, 6.07) is 10.2. The lowest BCUT2D eigenvalue weighted by Gasteiger charge is -2.31. The van der Waals surface area contributed by atoms with Crippen LogP contribution in [0.25, 0.3) is 11.3 Å². The van der Waals surface area contributed by atoms with Gasteiger partial charge in [0, 0.05) is 18.7 Å². The number of rotatable bonds is 2. The Balaban J connectivity index is 1.84. The number of aromatic nitrogens is 2. The van der Waals surface area contributed by atoms with Crippen LogP contribution in [0.2, 0.25) is 0 Å². The molecular weight excluding hydrogens is 234 g/mol. The highest BCUT2D eigenvalue weighted by molar-refractivity contribution is 5.59. The third kappa shape index (κ3) is 2.75. The van der Waals surface area contributed by atoms with Crippen molar-refractivity contribution < 1.29 is 0 Å². The van der Waals surface area contributed by atoms with E-state index in [1.54, 1.807) is 0 Å². The topological polar surface area (TPSA) is 29.0 Å². The van der Waals surface area contributed by atoms with Crippen molar-refractivity contribution in [2.75, 3.05) is 18.0 Å². The summed E-state index contributed by atoms with van der Waals surface area (Å²) >= 11 is 0. The number of hydrogen-bond donors (Lipinski definition) is 0. The van der Waals surface area contributed by atoms with Crippen molar-refractivity contribution >= 4 is 5.82 Å². The van der Waals surface area contributed by atoms with Gasteiger partial charge in [-0.15, -0.1) is 0 Å². The van der Waals surface area contributed by atoms with Gasteiger partial charge < -0.3 is 4.90 Å². The van der Waals surface area contributed by atoms with Crippen LogP contribution in [0.5, 0.6) is 0 Å². The summed E-state index contributed by atoms with van der Waals surface area (Å²) in [5, 5.41) is 0. The number of benzene rings is 1. The average molecular weight is 252 g/mol. The first-order valence-electron chi connectivity index (χ1n) is 6.78. The van der Waals surface area contributed by atoms with Crippen molar-refractivity contribution in [3.05, 3.63) is 49.6 Å². The van der Waals surface area contributed by atoms with Gasteiger partial charge in [0.25, 0.3) is 0 Å². The molecule has 0 atom stereocenters. The number of hydrogen-bond acceptors (Lipinski definition) is 3. The normalized spacial score (nSPS) is 16.6. The van der Waals surface area contributed by atoms with Crippen LogP contribution in [0.4, 0.5) is 5.82 Å². The van der Waals surface area contributed by atoms with Gasteiger partial charge in [-0.05, 0) is 18.8 Å². The maximum atomic E-state index is 4.73. The summed E-state index contributed by atoms with van der Waals surface area (Å²) in [5.41, 5.74) is 2.05. The van der Waals surface area contributed by atoms with Gasteiger partial charge in [-0.1, -0.05) is 37.3 Å². The Morgan fingerprint density at radius 1 is 1.05 bits per heavy atom. The summed E-state index contributed by atoms with van der Waals surface area (Å²) in [5.74, 6) is 1.56. The standard InChI is InChI=1S/C16H18N3/c1-13-7-9-19(10-8-13)16-12-17-11-15(18-16)14-5-3-2-4-6-14/h2-6,11-13H,1,7-10H2. The van der Waals surface area contributed by atoms with E-state index in [4.69, 9.17) is 4.98 Å². The van der Waals surface area contributed by atoms with Crippen molar-refractivity contribution in [2.45, 2.75) is 12.8 Å². The Kier molecular flexibility index (Phi) is 3.45. The van der Waals surface area contributed by atoms with Gasteiger partial charge >= 0.3 is 0 Å². The van der Waals surface area contributed by atoms with Gasteiger partial charge in [-0.2, -0.15) is 0 Å². The van der Waals surface area contributed by atoms with Gasteiger partial charge in [0.1, 0.15) is 5.82 Å². The lowest BCUT2D eigenvalue weighted by Crippen LogP contribution is -2.33. The zero-order chi connectivity index (χ0) is 13.1. The van der Waals surface area contributed by atoms with Gasteiger partial charge in [0.2, 0.25) is 0 Å². The molecule has 2 aromatic rings. The monoisotopic (exact) mass is 252 g/mol. The quantitative estimate of drug-likeness (QED) is 0.822. The smallest absolute Gasteiger partial charge is 0.147 e. The predicted octanol–water partition coefficient (Wildman–Crippen LogP) is 3.19. The highest BCUT2D eigenvalue weighted by Gasteiger charge is 2.17. The molecule has 1 aromatic carbocycles. The molecule has 1 aliphatic heterocycles. The molecule has 1 aliphatic rings. The van der Waals surface area contributed by atoms with E-state index in [-0.39, 0.29) is 0 Å². The largest absolute Gasteiger partial charge is 0.355 e. The summed E-state index contributed by atoms with van der Waals surface area (Å²) in [6.07, 6.45) is 5.96. The van der Waals surface area contributed by atoms with Gasteiger partial charge in [-0.25, -0.2) is 4.98 Å². The highest BCUT2D eigenvalue weighted by Crippen LogP contribution is 2.23. The van der Waals surface area contributed by atoms with Gasteiger partial charge in [0.05, 0.1) is 18.1 Å². The minimum Gasteiger partial charge on any atom is -0.355 e. The molecule has 0 aliphatic carbocycles. The molecule has 1 aromatic heterocycles. The Morgan fingerprint density at radius 3 is 2.53 bits per heavy atom. The minimum atomic E-state index is 0.585. The minimum absolute atomic E-state index is 0.585. The fraction of sp³-hybridized carbons (Fsp3) is 0.312. The maximum absolute atomic E-state index is 4.73. The molecule has 0 saturated carbocycles. The van der Waals surface area contributed by atoms with E-state index in [0.29, 0.717) is 5.92 Å². The van der Waals surface area contributed by atoms with E-state index in [1.165, 1.54) is 0 Å². The molecule has 1 saturated heterocycles. The predicted molar refractivity (Wildman–Crippen MR) is 77.8 cm³/mol. The first kappa shape index (κ1) is 12.2. The average Bonchev–Trinajstić information content (AvgIpc) is 2.49. The Labute approximate surface area is 114 Å². The Morgan fingerprint density at radius 2 is 1.79 bits per heavy atom. The third-order valence-electron chi connectivity index (χ3n) is 3.63. The zero-order valence-electron chi connectivity index (χ0n) is 11.0. The van der Waals surface area contributed by atoms with Crippen molar-refractivity contribution in [3.63, 3.8) is 0 Å². The third-order valence-corrected chi connectivity index (χ3v) is 3.63. The second-order valence-corrected chi connectivity index (χ2v) is 5.06. The SMILES string of the molecule is [CH2]C1CCN(c2cncc(-c3ccccc3)n2)CC1. The molecule has 3 nitrogen and oxygen atoms in total. The van der Waals surface area contributed by atoms with Crippen LogP contribution in [0.1, 0.15) is 12.8 Å². The molecule has 0 unspecified atom stereocenters.